The smallest absolute Gasteiger partial charge is 0.222 e. The first-order valence-corrected chi connectivity index (χ1v) is 9.06. The van der Waals surface area contributed by atoms with E-state index in [1.807, 2.05) is 13.8 Å². The summed E-state index contributed by atoms with van der Waals surface area (Å²) in [6.45, 7) is 10.1. The van der Waals surface area contributed by atoms with E-state index in [0.717, 1.165) is 25.6 Å². The fourth-order valence-corrected chi connectivity index (χ4v) is 4.10. The van der Waals surface area contributed by atoms with Crippen LogP contribution >= 0.6 is 24.0 Å². The molecule has 3 rings (SSSR count). The molecule has 3 fully saturated rings. The second-order valence-electron chi connectivity index (χ2n) is 7.20. The van der Waals surface area contributed by atoms with E-state index >= 15 is 0 Å². The van der Waals surface area contributed by atoms with Gasteiger partial charge in [-0.25, -0.2) is 0 Å². The standard InChI is InChI=1S/C17H30N4O2.HI/c1-4-18-17(20-8-7-19-16(22)11(2)3)21-9-12-13(10-21)15-6-5-14(12)23-15;/h11-15H,4-10H2,1-3H3,(H,18,20)(H,19,22);1H. The SMILES string of the molecule is CCNC(=NCCNC(=O)C(C)C)N1CC2C3CCC(O3)C2C1.I. The van der Waals surface area contributed by atoms with Gasteiger partial charge in [0.25, 0.3) is 0 Å². The third kappa shape index (κ3) is 4.15. The van der Waals surface area contributed by atoms with Crippen molar-refractivity contribution < 1.29 is 9.53 Å². The molecule has 0 radical (unpaired) electrons. The molecule has 1 amide bonds. The van der Waals surface area contributed by atoms with Gasteiger partial charge in [0.15, 0.2) is 5.96 Å². The number of amides is 1. The lowest BCUT2D eigenvalue weighted by atomic mass is 9.82. The first-order valence-electron chi connectivity index (χ1n) is 9.06. The molecule has 3 aliphatic rings. The van der Waals surface area contributed by atoms with Gasteiger partial charge in [-0.05, 0) is 19.8 Å². The monoisotopic (exact) mass is 450 g/mol. The number of likely N-dealkylation sites (tertiary alicyclic amines) is 1. The molecule has 0 aliphatic carbocycles. The van der Waals surface area contributed by atoms with Crippen LogP contribution in [-0.4, -0.2) is 61.7 Å². The second kappa shape index (κ2) is 8.69. The first kappa shape index (κ1) is 19.8. The zero-order valence-corrected chi connectivity index (χ0v) is 17.3. The van der Waals surface area contributed by atoms with Crippen LogP contribution in [0.25, 0.3) is 0 Å². The van der Waals surface area contributed by atoms with Crippen LogP contribution in [0.2, 0.25) is 0 Å². The molecule has 2 bridgehead atoms. The number of carbonyl (C=O) groups is 1. The number of ether oxygens (including phenoxy) is 1. The maximum absolute atomic E-state index is 11.6. The Morgan fingerprint density at radius 3 is 2.38 bits per heavy atom. The Bertz CT molecular complexity index is 454. The average Bonchev–Trinajstić information content (AvgIpc) is 3.21. The number of rotatable bonds is 5. The van der Waals surface area contributed by atoms with Gasteiger partial charge in [0, 0.05) is 43.9 Å². The van der Waals surface area contributed by atoms with E-state index in [1.165, 1.54) is 12.8 Å². The summed E-state index contributed by atoms with van der Waals surface area (Å²) in [6, 6.07) is 0. The summed E-state index contributed by atoms with van der Waals surface area (Å²) >= 11 is 0. The topological polar surface area (TPSA) is 66.0 Å². The summed E-state index contributed by atoms with van der Waals surface area (Å²) in [5, 5.41) is 6.32. The number of nitrogens with one attached hydrogen (secondary N) is 2. The van der Waals surface area contributed by atoms with E-state index in [0.29, 0.717) is 37.1 Å². The molecule has 0 aromatic heterocycles. The van der Waals surface area contributed by atoms with Gasteiger partial charge in [-0.1, -0.05) is 13.8 Å². The molecule has 0 saturated carbocycles. The lowest BCUT2D eigenvalue weighted by molar-refractivity contribution is -0.123. The maximum Gasteiger partial charge on any atom is 0.222 e. The molecule has 2 N–H and O–H groups in total. The van der Waals surface area contributed by atoms with Gasteiger partial charge < -0.3 is 20.3 Å². The second-order valence-corrected chi connectivity index (χ2v) is 7.20. The lowest BCUT2D eigenvalue weighted by Crippen LogP contribution is -2.42. The van der Waals surface area contributed by atoms with Crippen LogP contribution in [0.1, 0.15) is 33.6 Å². The van der Waals surface area contributed by atoms with Crippen molar-refractivity contribution in [2.45, 2.75) is 45.8 Å². The Morgan fingerprint density at radius 2 is 1.83 bits per heavy atom. The minimum Gasteiger partial charge on any atom is -0.374 e. The number of halogens is 1. The lowest BCUT2D eigenvalue weighted by Gasteiger charge is -2.23. The van der Waals surface area contributed by atoms with E-state index in [4.69, 9.17) is 9.73 Å². The van der Waals surface area contributed by atoms with Crippen molar-refractivity contribution in [1.29, 1.82) is 0 Å². The van der Waals surface area contributed by atoms with Crippen molar-refractivity contribution in [3.8, 4) is 0 Å². The van der Waals surface area contributed by atoms with Gasteiger partial charge in [-0.15, -0.1) is 24.0 Å². The maximum atomic E-state index is 11.6. The van der Waals surface area contributed by atoms with Crippen molar-refractivity contribution >= 4 is 35.8 Å². The number of fused-ring (bicyclic) bond motifs is 5. The van der Waals surface area contributed by atoms with Crippen LogP contribution in [-0.2, 0) is 9.53 Å². The fraction of sp³-hybridized carbons (Fsp3) is 0.882. The normalized spacial score (nSPS) is 31.2. The molecule has 0 aromatic carbocycles. The Kier molecular flexibility index (Phi) is 7.15. The summed E-state index contributed by atoms with van der Waals surface area (Å²) in [5.74, 6) is 2.46. The fourth-order valence-electron chi connectivity index (χ4n) is 4.10. The van der Waals surface area contributed by atoms with Gasteiger partial charge in [-0.2, -0.15) is 0 Å². The minimum absolute atomic E-state index is 0. The van der Waals surface area contributed by atoms with E-state index in [2.05, 4.69) is 22.5 Å². The number of hydrogen-bond acceptors (Lipinski definition) is 3. The molecule has 24 heavy (non-hydrogen) atoms. The highest BCUT2D eigenvalue weighted by Crippen LogP contribution is 2.47. The molecule has 6 nitrogen and oxygen atoms in total. The zero-order valence-electron chi connectivity index (χ0n) is 15.0. The van der Waals surface area contributed by atoms with Crippen LogP contribution in [0, 0.1) is 17.8 Å². The quantitative estimate of drug-likeness (QED) is 0.288. The molecule has 3 heterocycles. The van der Waals surface area contributed by atoms with Crippen LogP contribution in [0.5, 0.6) is 0 Å². The molecule has 138 valence electrons. The number of guanidine groups is 1. The van der Waals surface area contributed by atoms with Crippen molar-refractivity contribution in [3.63, 3.8) is 0 Å². The van der Waals surface area contributed by atoms with Gasteiger partial charge in [-0.3, -0.25) is 9.79 Å². The van der Waals surface area contributed by atoms with E-state index in [9.17, 15) is 4.79 Å². The molecule has 0 spiro atoms. The van der Waals surface area contributed by atoms with Gasteiger partial charge in [0.05, 0.1) is 18.8 Å². The largest absolute Gasteiger partial charge is 0.374 e. The van der Waals surface area contributed by atoms with Crippen LogP contribution < -0.4 is 10.6 Å². The number of hydrogen-bond donors (Lipinski definition) is 2. The van der Waals surface area contributed by atoms with Gasteiger partial charge in [0.1, 0.15) is 0 Å². The van der Waals surface area contributed by atoms with E-state index in [-0.39, 0.29) is 35.8 Å². The Hall–Kier alpha value is -0.570. The van der Waals surface area contributed by atoms with Crippen molar-refractivity contribution in [2.75, 3.05) is 32.7 Å². The Balaban J connectivity index is 0.00000208. The molecule has 4 unspecified atom stereocenters. The van der Waals surface area contributed by atoms with Crippen LogP contribution in [0.3, 0.4) is 0 Å². The summed E-state index contributed by atoms with van der Waals surface area (Å²) in [4.78, 5) is 18.7. The zero-order chi connectivity index (χ0) is 16.4. The van der Waals surface area contributed by atoms with Crippen molar-refractivity contribution in [1.82, 2.24) is 15.5 Å². The minimum atomic E-state index is 0. The number of nitrogens with zero attached hydrogens (tertiary/aromatic N) is 2. The average molecular weight is 450 g/mol. The molecule has 0 aromatic rings. The van der Waals surface area contributed by atoms with E-state index < -0.39 is 0 Å². The first-order chi connectivity index (χ1) is 11.1. The van der Waals surface area contributed by atoms with Gasteiger partial charge in [0.2, 0.25) is 5.91 Å². The van der Waals surface area contributed by atoms with Crippen LogP contribution in [0.4, 0.5) is 0 Å². The summed E-state index contributed by atoms with van der Waals surface area (Å²) < 4.78 is 6.04. The number of aliphatic imine (C=N–C) groups is 1. The summed E-state index contributed by atoms with van der Waals surface area (Å²) in [7, 11) is 0. The molecule has 3 aliphatic heterocycles. The molecule has 4 atom stereocenters. The highest BCUT2D eigenvalue weighted by molar-refractivity contribution is 14.0. The predicted octanol–water partition coefficient (Wildman–Crippen LogP) is 1.45. The molecular weight excluding hydrogens is 419 g/mol. The van der Waals surface area contributed by atoms with E-state index in [1.54, 1.807) is 0 Å². The van der Waals surface area contributed by atoms with Crippen molar-refractivity contribution in [3.05, 3.63) is 0 Å². The highest BCUT2D eigenvalue weighted by atomic mass is 127. The third-order valence-corrected chi connectivity index (χ3v) is 5.28. The molecule has 3 saturated heterocycles. The van der Waals surface area contributed by atoms with Gasteiger partial charge >= 0.3 is 0 Å². The van der Waals surface area contributed by atoms with Crippen LogP contribution in [0.15, 0.2) is 4.99 Å². The summed E-state index contributed by atoms with van der Waals surface area (Å²) in [6.07, 6.45) is 3.41. The number of carbonyl (C=O) groups excluding carboxylic acids is 1. The predicted molar refractivity (Wildman–Crippen MR) is 106 cm³/mol. The van der Waals surface area contributed by atoms with Crippen molar-refractivity contribution in [2.24, 2.45) is 22.7 Å². The third-order valence-electron chi connectivity index (χ3n) is 5.28. The Labute approximate surface area is 162 Å². The Morgan fingerprint density at radius 1 is 1.21 bits per heavy atom. The summed E-state index contributed by atoms with van der Waals surface area (Å²) in [5.41, 5.74) is 0. The highest BCUT2D eigenvalue weighted by Gasteiger charge is 2.53. The molecular formula is C17H31IN4O2. The molecule has 7 heteroatoms.